The van der Waals surface area contributed by atoms with Gasteiger partial charge >= 0.3 is 11.9 Å². The molecular weight excluding hydrogens is 534 g/mol. The van der Waals surface area contributed by atoms with Crippen molar-refractivity contribution in [2.45, 2.75) is 37.2 Å². The fourth-order valence-corrected chi connectivity index (χ4v) is 6.94. The lowest BCUT2D eigenvalue weighted by atomic mass is 10.2. The van der Waals surface area contributed by atoms with Crippen LogP contribution in [0.5, 0.6) is 5.75 Å². The maximum atomic E-state index is 13.4. The van der Waals surface area contributed by atoms with Crippen LogP contribution in [0.25, 0.3) is 10.2 Å². The molecule has 0 spiro atoms. The van der Waals surface area contributed by atoms with Gasteiger partial charge in [-0.2, -0.15) is 9.30 Å². The first-order valence-electron chi connectivity index (χ1n) is 11.8. The molecule has 1 aromatic heterocycles. The zero-order valence-corrected chi connectivity index (χ0v) is 22.7. The summed E-state index contributed by atoms with van der Waals surface area (Å²) in [5.74, 6) is -1.18. The molecule has 1 fully saturated rings. The second-order valence-electron chi connectivity index (χ2n) is 8.35. The summed E-state index contributed by atoms with van der Waals surface area (Å²) >= 11 is 1.10. The number of rotatable bonds is 8. The standard InChI is InChI=1S/C25H27N3O8S2/c1-4-36-22(29)15-27-19-12-7-16(24(31)35-3)14-21(19)37-25(27)26-23(30)20-6-5-13-28(20)38(32,33)18-10-8-17(34-2)9-11-18/h7-12,14,20H,4-6,13,15H2,1-3H3. The lowest BCUT2D eigenvalue weighted by Crippen LogP contribution is -2.40. The molecule has 0 N–H and O–H groups in total. The van der Waals surface area contributed by atoms with E-state index in [9.17, 15) is 22.8 Å². The number of sulfonamides is 1. The highest BCUT2D eigenvalue weighted by atomic mass is 32.2. The first-order chi connectivity index (χ1) is 18.2. The highest BCUT2D eigenvalue weighted by molar-refractivity contribution is 7.89. The summed E-state index contributed by atoms with van der Waals surface area (Å²) in [6.07, 6.45) is 0.812. The molecule has 1 amide bonds. The van der Waals surface area contributed by atoms with Crippen LogP contribution in [-0.4, -0.2) is 68.5 Å². The Hall–Kier alpha value is -3.55. The second-order valence-corrected chi connectivity index (χ2v) is 11.2. The van der Waals surface area contributed by atoms with Crippen LogP contribution in [0.2, 0.25) is 0 Å². The van der Waals surface area contributed by atoms with Crippen LogP contribution in [0.4, 0.5) is 0 Å². The van der Waals surface area contributed by atoms with Gasteiger partial charge in [-0.05, 0) is 62.2 Å². The molecule has 3 aromatic rings. The topological polar surface area (TPSA) is 134 Å². The van der Waals surface area contributed by atoms with Crippen molar-refractivity contribution < 1.29 is 37.0 Å². The molecule has 2 heterocycles. The Labute approximate surface area is 223 Å². The summed E-state index contributed by atoms with van der Waals surface area (Å²) in [6, 6.07) is 9.74. The number of carbonyl (C=O) groups is 3. The lowest BCUT2D eigenvalue weighted by Gasteiger charge is -2.21. The maximum Gasteiger partial charge on any atom is 0.337 e. The number of thiazole rings is 1. The molecule has 1 atom stereocenters. The number of amides is 1. The Morgan fingerprint density at radius 3 is 2.50 bits per heavy atom. The third-order valence-corrected chi connectivity index (χ3v) is 9.02. The normalized spacial score (nSPS) is 16.5. The number of carbonyl (C=O) groups excluding carboxylic acids is 3. The minimum Gasteiger partial charge on any atom is -0.497 e. The van der Waals surface area contributed by atoms with Gasteiger partial charge in [-0.15, -0.1) is 0 Å². The van der Waals surface area contributed by atoms with Crippen LogP contribution in [0, 0.1) is 0 Å². The van der Waals surface area contributed by atoms with E-state index in [2.05, 4.69) is 4.99 Å². The summed E-state index contributed by atoms with van der Waals surface area (Å²) in [4.78, 5) is 42.2. The summed E-state index contributed by atoms with van der Waals surface area (Å²) in [6.45, 7) is 1.83. The number of ether oxygens (including phenoxy) is 3. The van der Waals surface area contributed by atoms with Crippen LogP contribution in [-0.2, 0) is 35.6 Å². The molecule has 0 saturated carbocycles. The summed E-state index contributed by atoms with van der Waals surface area (Å²) < 4.78 is 44.9. The summed E-state index contributed by atoms with van der Waals surface area (Å²) in [5.41, 5.74) is 0.867. The van der Waals surface area contributed by atoms with Gasteiger partial charge in [0.05, 0.1) is 41.5 Å². The van der Waals surface area contributed by atoms with E-state index in [0.717, 1.165) is 11.3 Å². The third kappa shape index (κ3) is 5.49. The molecule has 0 bridgehead atoms. The Balaban J connectivity index is 1.73. The first-order valence-corrected chi connectivity index (χ1v) is 14.1. The number of hydrogen-bond acceptors (Lipinski definition) is 9. The predicted molar refractivity (Wildman–Crippen MR) is 138 cm³/mol. The number of nitrogens with zero attached hydrogens (tertiary/aromatic N) is 3. The molecule has 0 aliphatic carbocycles. The highest BCUT2D eigenvalue weighted by Crippen LogP contribution is 2.28. The van der Waals surface area contributed by atoms with Crippen LogP contribution in [0.15, 0.2) is 52.4 Å². The van der Waals surface area contributed by atoms with Gasteiger partial charge in [-0.25, -0.2) is 13.2 Å². The van der Waals surface area contributed by atoms with E-state index in [0.29, 0.717) is 34.4 Å². The average molecular weight is 562 g/mol. The molecule has 1 aliphatic heterocycles. The van der Waals surface area contributed by atoms with Crippen molar-refractivity contribution in [3.05, 3.63) is 52.8 Å². The molecule has 13 heteroatoms. The average Bonchev–Trinajstić information content (AvgIpc) is 3.54. The van der Waals surface area contributed by atoms with Crippen LogP contribution in [0.1, 0.15) is 30.1 Å². The maximum absolute atomic E-state index is 13.4. The first kappa shape index (κ1) is 27.5. The number of methoxy groups -OCH3 is 2. The fraction of sp³-hybridized carbons (Fsp3) is 0.360. The van der Waals surface area contributed by atoms with Gasteiger partial charge in [-0.3, -0.25) is 9.59 Å². The van der Waals surface area contributed by atoms with Crippen molar-refractivity contribution in [2.24, 2.45) is 4.99 Å². The number of hydrogen-bond donors (Lipinski definition) is 0. The third-order valence-electron chi connectivity index (χ3n) is 6.06. The van der Waals surface area contributed by atoms with Gasteiger partial charge < -0.3 is 18.8 Å². The van der Waals surface area contributed by atoms with Crippen LogP contribution >= 0.6 is 11.3 Å². The van der Waals surface area contributed by atoms with Crippen molar-refractivity contribution in [3.63, 3.8) is 0 Å². The van der Waals surface area contributed by atoms with Crippen molar-refractivity contribution in [3.8, 4) is 5.75 Å². The molecule has 2 aromatic carbocycles. The number of fused-ring (bicyclic) bond motifs is 1. The van der Waals surface area contributed by atoms with Gasteiger partial charge in [0.25, 0.3) is 5.91 Å². The Bertz CT molecular complexity index is 1540. The Kier molecular flexibility index (Phi) is 8.29. The van der Waals surface area contributed by atoms with Crippen LogP contribution in [0.3, 0.4) is 0 Å². The molecule has 1 aliphatic rings. The number of aromatic nitrogens is 1. The smallest absolute Gasteiger partial charge is 0.337 e. The van der Waals surface area contributed by atoms with Gasteiger partial charge in [-0.1, -0.05) is 11.3 Å². The quantitative estimate of drug-likeness (QED) is 0.383. The molecular formula is C25H27N3O8S2. The lowest BCUT2D eigenvalue weighted by molar-refractivity contribution is -0.143. The molecule has 0 radical (unpaired) electrons. The van der Waals surface area contributed by atoms with Gasteiger partial charge in [0.2, 0.25) is 10.0 Å². The molecule has 202 valence electrons. The summed E-state index contributed by atoms with van der Waals surface area (Å²) in [5, 5.41) is 0. The van der Waals surface area contributed by atoms with E-state index < -0.39 is 33.9 Å². The Morgan fingerprint density at radius 2 is 1.84 bits per heavy atom. The summed E-state index contributed by atoms with van der Waals surface area (Å²) in [7, 11) is -1.20. The van der Waals surface area contributed by atoms with Crippen molar-refractivity contribution >= 4 is 49.4 Å². The molecule has 1 unspecified atom stereocenters. The molecule has 11 nitrogen and oxygen atoms in total. The van der Waals surface area contributed by atoms with Crippen molar-refractivity contribution in [2.75, 3.05) is 27.4 Å². The molecule has 4 rings (SSSR count). The zero-order chi connectivity index (χ0) is 27.4. The minimum atomic E-state index is -3.96. The number of esters is 2. The van der Waals surface area contributed by atoms with E-state index in [1.54, 1.807) is 37.3 Å². The highest BCUT2D eigenvalue weighted by Gasteiger charge is 2.39. The van der Waals surface area contributed by atoms with E-state index in [1.165, 1.54) is 35.2 Å². The molecule has 38 heavy (non-hydrogen) atoms. The predicted octanol–water partition coefficient (Wildman–Crippen LogP) is 2.34. The van der Waals surface area contributed by atoms with E-state index in [-0.39, 0.29) is 29.4 Å². The van der Waals surface area contributed by atoms with E-state index in [4.69, 9.17) is 14.2 Å². The second kappa shape index (κ2) is 11.5. The fourth-order valence-electron chi connectivity index (χ4n) is 4.22. The van der Waals surface area contributed by atoms with Crippen molar-refractivity contribution in [1.29, 1.82) is 0 Å². The van der Waals surface area contributed by atoms with Gasteiger partial charge in [0, 0.05) is 6.54 Å². The largest absolute Gasteiger partial charge is 0.497 e. The number of benzene rings is 2. The monoisotopic (exact) mass is 561 g/mol. The molecule has 1 saturated heterocycles. The van der Waals surface area contributed by atoms with Gasteiger partial charge in [0.15, 0.2) is 4.80 Å². The van der Waals surface area contributed by atoms with Crippen molar-refractivity contribution in [1.82, 2.24) is 8.87 Å². The van der Waals surface area contributed by atoms with Gasteiger partial charge in [0.1, 0.15) is 18.3 Å². The van der Waals surface area contributed by atoms with E-state index >= 15 is 0 Å². The minimum absolute atomic E-state index is 0.0487. The zero-order valence-electron chi connectivity index (χ0n) is 21.1. The van der Waals surface area contributed by atoms with E-state index in [1.807, 2.05) is 0 Å². The Morgan fingerprint density at radius 1 is 1.11 bits per heavy atom. The SMILES string of the molecule is CCOC(=O)Cn1c(=NC(=O)C2CCCN2S(=O)(=O)c2ccc(OC)cc2)sc2cc(C(=O)OC)ccc21. The van der Waals surface area contributed by atoms with Crippen LogP contribution < -0.4 is 9.54 Å².